The van der Waals surface area contributed by atoms with Gasteiger partial charge in [-0.3, -0.25) is 14.9 Å². The summed E-state index contributed by atoms with van der Waals surface area (Å²) in [6.07, 6.45) is 2.46. The summed E-state index contributed by atoms with van der Waals surface area (Å²) in [7, 11) is 0. The average Bonchev–Trinajstić information content (AvgIpc) is 2.54. The predicted molar refractivity (Wildman–Crippen MR) is 91.9 cm³/mol. The molecule has 2 aromatic carbocycles. The maximum Gasteiger partial charge on any atom is 0.320 e. The number of nitrogens with zero attached hydrogens (tertiary/aromatic N) is 1. The van der Waals surface area contributed by atoms with E-state index in [1.165, 1.54) is 6.07 Å². The maximum absolute atomic E-state index is 11.3. The first kappa shape index (κ1) is 17.2. The van der Waals surface area contributed by atoms with Gasteiger partial charge in [0.15, 0.2) is 0 Å². The van der Waals surface area contributed by atoms with Crippen LogP contribution >= 0.6 is 11.8 Å². The van der Waals surface area contributed by atoms with E-state index < -0.39 is 16.9 Å². The molecule has 2 aromatic rings. The molecule has 0 aliphatic rings. The molecule has 23 heavy (non-hydrogen) atoms. The molecule has 122 valence electrons. The molecule has 0 fully saturated rings. The van der Waals surface area contributed by atoms with Gasteiger partial charge in [-0.05, 0) is 35.4 Å². The Bertz CT molecular complexity index is 720. The number of fused-ring (bicyclic) bond motifs is 1. The van der Waals surface area contributed by atoms with E-state index in [1.807, 2.05) is 18.4 Å². The van der Waals surface area contributed by atoms with Gasteiger partial charge in [-0.2, -0.15) is 11.8 Å². The highest BCUT2D eigenvalue weighted by Crippen LogP contribution is 2.28. The first-order chi connectivity index (χ1) is 11.0. The number of nitro groups is 1. The SMILES string of the molecule is CSCC[C@H](NCc1ccc([N+](=O)[O-])c2ccccc12)C(=O)O. The Morgan fingerprint density at radius 1 is 1.30 bits per heavy atom. The van der Waals surface area contributed by atoms with Gasteiger partial charge in [0.1, 0.15) is 6.04 Å². The van der Waals surface area contributed by atoms with Crippen molar-refractivity contribution in [1.82, 2.24) is 5.32 Å². The minimum Gasteiger partial charge on any atom is -0.480 e. The molecule has 2 N–H and O–H groups in total. The Morgan fingerprint density at radius 3 is 2.61 bits per heavy atom. The highest BCUT2D eigenvalue weighted by Gasteiger charge is 2.18. The predicted octanol–water partition coefficient (Wildman–Crippen LogP) is 3.04. The van der Waals surface area contributed by atoms with Gasteiger partial charge in [-0.15, -0.1) is 0 Å². The van der Waals surface area contributed by atoms with Gasteiger partial charge in [-0.25, -0.2) is 0 Å². The molecule has 0 aromatic heterocycles. The van der Waals surface area contributed by atoms with Crippen molar-refractivity contribution in [1.29, 1.82) is 0 Å². The lowest BCUT2D eigenvalue weighted by Gasteiger charge is -2.15. The lowest BCUT2D eigenvalue weighted by atomic mass is 10.0. The number of hydrogen-bond donors (Lipinski definition) is 2. The number of nitro benzene ring substituents is 1. The summed E-state index contributed by atoms with van der Waals surface area (Å²) in [6, 6.07) is 9.62. The van der Waals surface area contributed by atoms with Crippen LogP contribution in [0.15, 0.2) is 36.4 Å². The monoisotopic (exact) mass is 334 g/mol. The molecule has 0 aliphatic heterocycles. The summed E-state index contributed by atoms with van der Waals surface area (Å²) in [6.45, 7) is 0.351. The molecule has 0 aliphatic carbocycles. The van der Waals surface area contributed by atoms with Crippen molar-refractivity contribution in [2.45, 2.75) is 19.0 Å². The van der Waals surface area contributed by atoms with Crippen LogP contribution in [0.25, 0.3) is 10.8 Å². The molecule has 0 saturated carbocycles. The van der Waals surface area contributed by atoms with Crippen molar-refractivity contribution in [2.75, 3.05) is 12.0 Å². The van der Waals surface area contributed by atoms with E-state index in [-0.39, 0.29) is 5.69 Å². The van der Waals surface area contributed by atoms with Crippen molar-refractivity contribution < 1.29 is 14.8 Å². The first-order valence-electron chi connectivity index (χ1n) is 7.14. The molecule has 1 atom stereocenters. The van der Waals surface area contributed by atoms with E-state index in [1.54, 1.807) is 30.0 Å². The van der Waals surface area contributed by atoms with Crippen LogP contribution in [0.2, 0.25) is 0 Å². The molecule has 7 heteroatoms. The van der Waals surface area contributed by atoms with Gasteiger partial charge < -0.3 is 10.4 Å². The van der Waals surface area contributed by atoms with Crippen LogP contribution in [0.3, 0.4) is 0 Å². The average molecular weight is 334 g/mol. The minimum atomic E-state index is -0.884. The van der Waals surface area contributed by atoms with Crippen LogP contribution in [0.4, 0.5) is 5.69 Å². The number of hydrogen-bond acceptors (Lipinski definition) is 5. The van der Waals surface area contributed by atoms with Crippen LogP contribution in [-0.4, -0.2) is 34.0 Å². The highest BCUT2D eigenvalue weighted by atomic mass is 32.2. The second-order valence-corrected chi connectivity index (χ2v) is 6.09. The largest absolute Gasteiger partial charge is 0.480 e. The molecule has 0 unspecified atom stereocenters. The number of nitrogens with one attached hydrogen (secondary N) is 1. The van der Waals surface area contributed by atoms with Gasteiger partial charge in [0.25, 0.3) is 5.69 Å². The third-order valence-electron chi connectivity index (χ3n) is 3.64. The fourth-order valence-corrected chi connectivity index (χ4v) is 2.91. The van der Waals surface area contributed by atoms with E-state index in [2.05, 4.69) is 5.32 Å². The minimum absolute atomic E-state index is 0.0570. The maximum atomic E-state index is 11.3. The van der Waals surface area contributed by atoms with Crippen molar-refractivity contribution >= 4 is 34.2 Å². The quantitative estimate of drug-likeness (QED) is 0.569. The Kier molecular flexibility index (Phi) is 5.95. The zero-order valence-electron chi connectivity index (χ0n) is 12.7. The number of carbonyl (C=O) groups is 1. The van der Waals surface area contributed by atoms with E-state index in [9.17, 15) is 20.0 Å². The first-order valence-corrected chi connectivity index (χ1v) is 8.54. The van der Waals surface area contributed by atoms with Gasteiger partial charge in [0.05, 0.1) is 10.3 Å². The summed E-state index contributed by atoms with van der Waals surface area (Å²) >= 11 is 1.60. The molecule has 0 heterocycles. The van der Waals surface area contributed by atoms with Crippen molar-refractivity contribution in [3.8, 4) is 0 Å². The standard InChI is InChI=1S/C16H18N2O4S/c1-23-9-8-14(16(19)20)17-10-11-6-7-15(18(21)22)13-5-3-2-4-12(11)13/h2-7,14,17H,8-10H2,1H3,(H,19,20)/t14-/m0/s1. The number of thioether (sulfide) groups is 1. The van der Waals surface area contributed by atoms with E-state index in [0.717, 1.165) is 16.7 Å². The number of benzene rings is 2. The Balaban J connectivity index is 2.25. The van der Waals surface area contributed by atoms with Gasteiger partial charge in [0, 0.05) is 12.6 Å². The van der Waals surface area contributed by atoms with Crippen molar-refractivity contribution in [2.24, 2.45) is 0 Å². The second kappa shape index (κ2) is 7.94. The number of carboxylic acid groups (broad SMARTS) is 1. The topological polar surface area (TPSA) is 92.5 Å². The number of rotatable bonds is 8. The normalized spacial score (nSPS) is 12.2. The van der Waals surface area contributed by atoms with Gasteiger partial charge >= 0.3 is 5.97 Å². The third kappa shape index (κ3) is 4.20. The fraction of sp³-hybridized carbons (Fsp3) is 0.312. The Hall–Kier alpha value is -2.12. The molecule has 0 spiro atoms. The van der Waals surface area contributed by atoms with E-state index >= 15 is 0 Å². The number of non-ortho nitro benzene ring substituents is 1. The summed E-state index contributed by atoms with van der Waals surface area (Å²) in [4.78, 5) is 22.0. The van der Waals surface area contributed by atoms with E-state index in [0.29, 0.717) is 18.4 Å². The summed E-state index contributed by atoms with van der Waals surface area (Å²) in [5, 5.41) is 24.7. The van der Waals surface area contributed by atoms with Crippen molar-refractivity contribution in [3.63, 3.8) is 0 Å². The lowest BCUT2D eigenvalue weighted by molar-refractivity contribution is -0.383. The Morgan fingerprint density at radius 2 is 2.00 bits per heavy atom. The van der Waals surface area contributed by atoms with Crippen LogP contribution in [0.1, 0.15) is 12.0 Å². The fourth-order valence-electron chi connectivity index (χ4n) is 2.44. The van der Waals surface area contributed by atoms with E-state index in [4.69, 9.17) is 0 Å². The second-order valence-electron chi connectivity index (χ2n) is 5.10. The van der Waals surface area contributed by atoms with Gasteiger partial charge in [0.2, 0.25) is 0 Å². The zero-order chi connectivity index (χ0) is 16.8. The molecule has 2 rings (SSSR count). The zero-order valence-corrected chi connectivity index (χ0v) is 13.5. The molecule has 0 radical (unpaired) electrons. The number of aliphatic carboxylic acids is 1. The highest BCUT2D eigenvalue weighted by molar-refractivity contribution is 7.98. The van der Waals surface area contributed by atoms with Crippen LogP contribution in [0.5, 0.6) is 0 Å². The molecular weight excluding hydrogens is 316 g/mol. The molecular formula is C16H18N2O4S. The number of carboxylic acids is 1. The lowest BCUT2D eigenvalue weighted by Crippen LogP contribution is -2.36. The van der Waals surface area contributed by atoms with Crippen LogP contribution in [0, 0.1) is 10.1 Å². The van der Waals surface area contributed by atoms with Gasteiger partial charge in [-0.1, -0.05) is 24.3 Å². The summed E-state index contributed by atoms with van der Waals surface area (Å²) in [5.41, 5.74) is 0.906. The van der Waals surface area contributed by atoms with Crippen molar-refractivity contribution in [3.05, 3.63) is 52.1 Å². The molecule has 0 bridgehead atoms. The molecule has 0 saturated heterocycles. The smallest absolute Gasteiger partial charge is 0.320 e. The van der Waals surface area contributed by atoms with Crippen LogP contribution < -0.4 is 5.32 Å². The molecule has 6 nitrogen and oxygen atoms in total. The Labute approximate surface area is 138 Å². The molecule has 0 amide bonds. The van der Waals surface area contributed by atoms with Crippen LogP contribution in [-0.2, 0) is 11.3 Å². The summed E-state index contributed by atoms with van der Waals surface area (Å²) < 4.78 is 0. The summed E-state index contributed by atoms with van der Waals surface area (Å²) in [5.74, 6) is -0.129. The third-order valence-corrected chi connectivity index (χ3v) is 4.28.